The lowest BCUT2D eigenvalue weighted by Gasteiger charge is -2.42. The lowest BCUT2D eigenvalue weighted by molar-refractivity contribution is -0.197. The third-order valence-corrected chi connectivity index (χ3v) is 3.42. The highest BCUT2D eigenvalue weighted by Gasteiger charge is 2.45. The first kappa shape index (κ1) is 14.9. The highest BCUT2D eigenvalue weighted by molar-refractivity contribution is 5.73. The standard InChI is InChI=1S/C14H19NO5/c1-8(17)15-11-13(19)12(18)10(7-16)20-14(11)9-5-3-2-4-6-9/h2-6,10-14,16,18-19H,7H2,1H3,(H,15,17)/t10-,11-,12+,13-,14-/m1/s1. The van der Waals surface area contributed by atoms with E-state index in [9.17, 15) is 20.1 Å². The maximum atomic E-state index is 11.3. The zero-order valence-corrected chi connectivity index (χ0v) is 11.1. The fourth-order valence-electron chi connectivity index (χ4n) is 2.44. The zero-order valence-electron chi connectivity index (χ0n) is 11.1. The molecule has 1 heterocycles. The molecule has 6 nitrogen and oxygen atoms in total. The number of ether oxygens (including phenoxy) is 1. The Hall–Kier alpha value is -1.47. The maximum absolute atomic E-state index is 11.3. The molecule has 0 spiro atoms. The van der Waals surface area contributed by atoms with Gasteiger partial charge in [0.25, 0.3) is 0 Å². The zero-order chi connectivity index (χ0) is 14.7. The molecule has 110 valence electrons. The molecule has 1 aromatic rings. The summed E-state index contributed by atoms with van der Waals surface area (Å²) >= 11 is 0. The van der Waals surface area contributed by atoms with Crippen LogP contribution in [-0.4, -0.2) is 52.2 Å². The summed E-state index contributed by atoms with van der Waals surface area (Å²) in [5, 5.41) is 31.9. The monoisotopic (exact) mass is 281 g/mol. The number of hydrogen-bond acceptors (Lipinski definition) is 5. The van der Waals surface area contributed by atoms with Gasteiger partial charge in [-0.1, -0.05) is 30.3 Å². The second-order valence-electron chi connectivity index (χ2n) is 4.90. The number of aliphatic hydroxyl groups excluding tert-OH is 3. The molecule has 1 saturated heterocycles. The van der Waals surface area contributed by atoms with Crippen LogP contribution in [0.3, 0.4) is 0 Å². The van der Waals surface area contributed by atoms with Gasteiger partial charge >= 0.3 is 0 Å². The molecule has 2 rings (SSSR count). The predicted molar refractivity (Wildman–Crippen MR) is 70.8 cm³/mol. The quantitative estimate of drug-likeness (QED) is 0.590. The molecule has 1 aliphatic heterocycles. The fourth-order valence-corrected chi connectivity index (χ4v) is 2.44. The Labute approximate surface area is 117 Å². The van der Waals surface area contributed by atoms with E-state index in [-0.39, 0.29) is 5.91 Å². The number of hydrogen-bond donors (Lipinski definition) is 4. The van der Waals surface area contributed by atoms with Gasteiger partial charge in [-0.05, 0) is 5.56 Å². The molecule has 20 heavy (non-hydrogen) atoms. The summed E-state index contributed by atoms with van der Waals surface area (Å²) in [5.41, 5.74) is 0.760. The number of benzene rings is 1. The van der Waals surface area contributed by atoms with Crippen molar-refractivity contribution < 1.29 is 24.9 Å². The van der Waals surface area contributed by atoms with Gasteiger partial charge in [-0.15, -0.1) is 0 Å². The lowest BCUT2D eigenvalue weighted by atomic mass is 9.89. The van der Waals surface area contributed by atoms with E-state index < -0.39 is 37.1 Å². The molecule has 1 aromatic carbocycles. The van der Waals surface area contributed by atoms with Crippen LogP contribution in [0, 0.1) is 0 Å². The molecule has 4 N–H and O–H groups in total. The summed E-state index contributed by atoms with van der Waals surface area (Å²) in [6.45, 7) is 0.924. The van der Waals surface area contributed by atoms with E-state index in [4.69, 9.17) is 4.74 Å². The molecule has 0 aliphatic carbocycles. The molecule has 1 amide bonds. The van der Waals surface area contributed by atoms with Gasteiger partial charge in [0, 0.05) is 6.92 Å². The van der Waals surface area contributed by atoms with Gasteiger partial charge < -0.3 is 25.4 Å². The van der Waals surface area contributed by atoms with E-state index in [0.717, 1.165) is 5.56 Å². The van der Waals surface area contributed by atoms with Gasteiger partial charge in [-0.2, -0.15) is 0 Å². The van der Waals surface area contributed by atoms with E-state index in [1.54, 1.807) is 12.1 Å². The Kier molecular flexibility index (Phi) is 4.72. The summed E-state index contributed by atoms with van der Waals surface area (Å²) in [5.74, 6) is -0.326. The van der Waals surface area contributed by atoms with E-state index in [1.807, 2.05) is 18.2 Å². The van der Waals surface area contributed by atoms with Crippen LogP contribution in [0.4, 0.5) is 0 Å². The van der Waals surface area contributed by atoms with E-state index in [2.05, 4.69) is 5.32 Å². The minimum atomic E-state index is -1.25. The van der Waals surface area contributed by atoms with Crippen molar-refractivity contribution in [3.8, 4) is 0 Å². The number of carbonyl (C=O) groups excluding carboxylic acids is 1. The normalized spacial score (nSPS) is 33.7. The predicted octanol–water partition coefficient (Wildman–Crippen LogP) is -0.655. The summed E-state index contributed by atoms with van der Waals surface area (Å²) in [4.78, 5) is 11.3. The van der Waals surface area contributed by atoms with Crippen molar-refractivity contribution in [3.05, 3.63) is 35.9 Å². The molecule has 0 radical (unpaired) electrons. The van der Waals surface area contributed by atoms with Gasteiger partial charge in [-0.25, -0.2) is 0 Å². The van der Waals surface area contributed by atoms with Gasteiger partial charge in [0.2, 0.25) is 5.91 Å². The molecule has 0 saturated carbocycles. The number of rotatable bonds is 3. The number of amides is 1. The first-order valence-electron chi connectivity index (χ1n) is 6.49. The average molecular weight is 281 g/mol. The molecule has 6 heteroatoms. The second-order valence-corrected chi connectivity index (χ2v) is 4.90. The molecule has 0 aromatic heterocycles. The van der Waals surface area contributed by atoms with E-state index in [1.165, 1.54) is 6.92 Å². The van der Waals surface area contributed by atoms with Gasteiger partial charge in [-0.3, -0.25) is 4.79 Å². The molecule has 0 bridgehead atoms. The SMILES string of the molecule is CC(=O)N[C@@H]1[C@@H](O)[C@@H](O)[C@@H](CO)O[C@@H]1c1ccccc1. The number of nitrogens with one attached hydrogen (secondary N) is 1. The fraction of sp³-hybridized carbons (Fsp3) is 0.500. The van der Waals surface area contributed by atoms with Gasteiger partial charge in [0.1, 0.15) is 24.4 Å². The van der Waals surface area contributed by atoms with Crippen molar-refractivity contribution in [2.75, 3.05) is 6.61 Å². The van der Waals surface area contributed by atoms with Crippen LogP contribution < -0.4 is 5.32 Å². The molecular formula is C14H19NO5. The Balaban J connectivity index is 2.30. The van der Waals surface area contributed by atoms with Crippen molar-refractivity contribution in [2.24, 2.45) is 0 Å². The highest BCUT2D eigenvalue weighted by Crippen LogP contribution is 2.32. The van der Waals surface area contributed by atoms with Crippen LogP contribution in [-0.2, 0) is 9.53 Å². The first-order chi connectivity index (χ1) is 9.54. The number of carbonyl (C=O) groups is 1. The molecule has 1 aliphatic rings. The molecular weight excluding hydrogens is 262 g/mol. The topological polar surface area (TPSA) is 99.0 Å². The van der Waals surface area contributed by atoms with Crippen LogP contribution in [0.1, 0.15) is 18.6 Å². The second kappa shape index (κ2) is 6.32. The minimum Gasteiger partial charge on any atom is -0.394 e. The van der Waals surface area contributed by atoms with Crippen LogP contribution in [0.25, 0.3) is 0 Å². The van der Waals surface area contributed by atoms with Crippen LogP contribution >= 0.6 is 0 Å². The molecule has 0 unspecified atom stereocenters. The van der Waals surface area contributed by atoms with Gasteiger partial charge in [0.05, 0.1) is 12.6 Å². The van der Waals surface area contributed by atoms with Crippen LogP contribution in [0.15, 0.2) is 30.3 Å². The highest BCUT2D eigenvalue weighted by atomic mass is 16.5. The van der Waals surface area contributed by atoms with Crippen molar-refractivity contribution in [3.63, 3.8) is 0 Å². The largest absolute Gasteiger partial charge is 0.394 e. The summed E-state index contributed by atoms with van der Waals surface area (Å²) in [7, 11) is 0. The van der Waals surface area contributed by atoms with Crippen molar-refractivity contribution in [1.82, 2.24) is 5.32 Å². The number of aliphatic hydroxyl groups is 3. The average Bonchev–Trinajstić information content (AvgIpc) is 2.45. The first-order valence-corrected chi connectivity index (χ1v) is 6.49. The third-order valence-electron chi connectivity index (χ3n) is 3.42. The Morgan fingerprint density at radius 3 is 2.45 bits per heavy atom. The smallest absolute Gasteiger partial charge is 0.217 e. The molecule has 1 fully saturated rings. The minimum absolute atomic E-state index is 0.326. The maximum Gasteiger partial charge on any atom is 0.217 e. The Morgan fingerprint density at radius 2 is 1.90 bits per heavy atom. The van der Waals surface area contributed by atoms with Crippen molar-refractivity contribution in [1.29, 1.82) is 0 Å². The summed E-state index contributed by atoms with van der Waals surface area (Å²) < 4.78 is 5.64. The third kappa shape index (κ3) is 2.99. The lowest BCUT2D eigenvalue weighted by Crippen LogP contribution is -2.60. The van der Waals surface area contributed by atoms with Crippen LogP contribution in [0.5, 0.6) is 0 Å². The Bertz CT molecular complexity index is 452. The van der Waals surface area contributed by atoms with Crippen molar-refractivity contribution >= 4 is 5.91 Å². The molecule has 5 atom stereocenters. The summed E-state index contributed by atoms with van der Waals surface area (Å²) in [6, 6.07) is 8.31. The van der Waals surface area contributed by atoms with Crippen LogP contribution in [0.2, 0.25) is 0 Å². The summed E-state index contributed by atoms with van der Waals surface area (Å²) in [6.07, 6.45) is -3.98. The van der Waals surface area contributed by atoms with Gasteiger partial charge in [0.15, 0.2) is 0 Å². The van der Waals surface area contributed by atoms with E-state index >= 15 is 0 Å². The van der Waals surface area contributed by atoms with E-state index in [0.29, 0.717) is 0 Å². The Morgan fingerprint density at radius 1 is 1.25 bits per heavy atom. The van der Waals surface area contributed by atoms with Crippen molar-refractivity contribution in [2.45, 2.75) is 37.4 Å².